The van der Waals surface area contributed by atoms with Gasteiger partial charge in [0.25, 0.3) is 0 Å². The molecule has 4 heteroatoms. The van der Waals surface area contributed by atoms with Crippen molar-refractivity contribution < 1.29 is 9.53 Å². The number of hydrogen-bond donors (Lipinski definition) is 0. The Morgan fingerprint density at radius 1 is 1.57 bits per heavy atom. The summed E-state index contributed by atoms with van der Waals surface area (Å²) in [6.45, 7) is 2.22. The zero-order chi connectivity index (χ0) is 9.97. The highest BCUT2D eigenvalue weighted by Crippen LogP contribution is 2.37. The molecule has 1 aliphatic rings. The summed E-state index contributed by atoms with van der Waals surface area (Å²) in [6.07, 6.45) is -0.276. The highest BCUT2D eigenvalue weighted by Gasteiger charge is 2.25. The normalized spacial score (nSPS) is 13.9. The summed E-state index contributed by atoms with van der Waals surface area (Å²) < 4.78 is 6.56. The molecule has 1 amide bonds. The molecular weight excluding hydrogens is 198 g/mol. The van der Waals surface area contributed by atoms with Crippen LogP contribution in [0.3, 0.4) is 0 Å². The van der Waals surface area contributed by atoms with E-state index in [0.717, 1.165) is 11.4 Å². The van der Waals surface area contributed by atoms with Gasteiger partial charge in [-0.15, -0.1) is 0 Å². The number of ether oxygens (including phenoxy) is 1. The number of carbonyl (C=O) groups is 1. The van der Waals surface area contributed by atoms with E-state index >= 15 is 0 Å². The molecule has 0 atom stereocenters. The fraction of sp³-hybridized carbons (Fsp3) is 0.300. The van der Waals surface area contributed by atoms with E-state index in [0.29, 0.717) is 6.61 Å². The van der Waals surface area contributed by atoms with Crippen molar-refractivity contribution in [2.75, 3.05) is 10.9 Å². The summed E-state index contributed by atoms with van der Waals surface area (Å²) in [5.41, 5.74) is 2.14. The molecule has 0 fully saturated rings. The molecule has 0 aliphatic carbocycles. The van der Waals surface area contributed by atoms with Gasteiger partial charge in [-0.05, 0) is 30.5 Å². The molecule has 3 nitrogen and oxygen atoms in total. The van der Waals surface area contributed by atoms with Crippen LogP contribution >= 0.6 is 11.9 Å². The van der Waals surface area contributed by atoms with Crippen LogP contribution in [0.15, 0.2) is 24.3 Å². The fourth-order valence-corrected chi connectivity index (χ4v) is 2.36. The second kappa shape index (κ2) is 3.92. The van der Waals surface area contributed by atoms with E-state index in [1.54, 1.807) is 4.31 Å². The summed E-state index contributed by atoms with van der Waals surface area (Å²) in [7, 11) is 0. The number of amides is 1. The van der Waals surface area contributed by atoms with Crippen LogP contribution in [-0.2, 0) is 10.5 Å². The lowest BCUT2D eigenvalue weighted by Gasteiger charge is -2.14. The van der Waals surface area contributed by atoms with Crippen molar-refractivity contribution in [2.24, 2.45) is 0 Å². The molecule has 0 saturated carbocycles. The first kappa shape index (κ1) is 9.40. The van der Waals surface area contributed by atoms with Crippen LogP contribution < -0.4 is 4.31 Å². The minimum atomic E-state index is -0.276. The topological polar surface area (TPSA) is 29.5 Å². The van der Waals surface area contributed by atoms with Crippen LogP contribution in [0.5, 0.6) is 0 Å². The van der Waals surface area contributed by atoms with Gasteiger partial charge in [0, 0.05) is 5.75 Å². The van der Waals surface area contributed by atoms with Gasteiger partial charge in [0.15, 0.2) is 0 Å². The first-order chi connectivity index (χ1) is 6.83. The maximum atomic E-state index is 11.5. The average molecular weight is 209 g/mol. The van der Waals surface area contributed by atoms with Gasteiger partial charge in [0.1, 0.15) is 0 Å². The quantitative estimate of drug-likeness (QED) is 0.666. The lowest BCUT2D eigenvalue weighted by Crippen LogP contribution is -2.22. The molecule has 0 saturated heterocycles. The molecule has 74 valence electrons. The van der Waals surface area contributed by atoms with Gasteiger partial charge in [-0.25, -0.2) is 9.10 Å². The lowest BCUT2D eigenvalue weighted by atomic mass is 10.2. The predicted molar refractivity (Wildman–Crippen MR) is 57.2 cm³/mol. The number of fused-ring (bicyclic) bond motifs is 1. The molecule has 1 aliphatic heterocycles. The lowest BCUT2D eigenvalue weighted by molar-refractivity contribution is 0.164. The Balaban J connectivity index is 2.21. The van der Waals surface area contributed by atoms with Crippen LogP contribution in [0.25, 0.3) is 0 Å². The third-order valence-corrected chi connectivity index (χ3v) is 3.04. The van der Waals surface area contributed by atoms with E-state index in [1.807, 2.05) is 31.2 Å². The van der Waals surface area contributed by atoms with Gasteiger partial charge >= 0.3 is 6.09 Å². The van der Waals surface area contributed by atoms with Crippen LogP contribution in [-0.4, -0.2) is 12.7 Å². The minimum absolute atomic E-state index is 0.276. The number of carbonyl (C=O) groups excluding carboxylic acids is 1. The van der Waals surface area contributed by atoms with Gasteiger partial charge in [0.05, 0.1) is 12.3 Å². The third-order valence-electron chi connectivity index (χ3n) is 1.99. The van der Waals surface area contributed by atoms with E-state index < -0.39 is 0 Å². The second-order valence-corrected chi connectivity index (χ2v) is 3.81. The number of benzene rings is 1. The Morgan fingerprint density at radius 2 is 2.36 bits per heavy atom. The molecule has 0 N–H and O–H groups in total. The second-order valence-electron chi connectivity index (χ2n) is 2.90. The van der Waals surface area contributed by atoms with E-state index in [2.05, 4.69) is 0 Å². The molecular formula is C10H11NO2S. The standard InChI is InChI=1S/C10H11NO2S/c1-2-13-10(12)11-9-6-4-3-5-8(9)7-14-11/h3-6H,2,7H2,1H3. The number of hydrogen-bond acceptors (Lipinski definition) is 3. The predicted octanol–water partition coefficient (Wildman–Crippen LogP) is 2.81. The van der Waals surface area contributed by atoms with Gasteiger partial charge in [0.2, 0.25) is 0 Å². The minimum Gasteiger partial charge on any atom is -0.449 e. The summed E-state index contributed by atoms with van der Waals surface area (Å²) in [6, 6.07) is 7.87. The zero-order valence-electron chi connectivity index (χ0n) is 7.90. The van der Waals surface area contributed by atoms with Crippen molar-refractivity contribution in [1.29, 1.82) is 0 Å². The summed E-state index contributed by atoms with van der Waals surface area (Å²) in [4.78, 5) is 11.5. The monoisotopic (exact) mass is 209 g/mol. The van der Waals surface area contributed by atoms with Gasteiger partial charge in [-0.1, -0.05) is 18.2 Å². The van der Waals surface area contributed by atoms with E-state index in [-0.39, 0.29) is 6.09 Å². The molecule has 1 aromatic rings. The molecule has 2 rings (SSSR count). The molecule has 0 radical (unpaired) electrons. The summed E-state index contributed by atoms with van der Waals surface area (Å²) >= 11 is 1.48. The molecule has 1 aromatic carbocycles. The van der Waals surface area contributed by atoms with Crippen LogP contribution in [0.2, 0.25) is 0 Å². The number of anilines is 1. The Bertz CT molecular complexity index is 354. The first-order valence-corrected chi connectivity index (χ1v) is 5.45. The smallest absolute Gasteiger partial charge is 0.424 e. The molecule has 0 bridgehead atoms. The van der Waals surface area contributed by atoms with E-state index in [9.17, 15) is 4.79 Å². The molecule has 0 unspecified atom stereocenters. The van der Waals surface area contributed by atoms with Gasteiger partial charge in [-0.2, -0.15) is 0 Å². The number of nitrogens with zero attached hydrogens (tertiary/aromatic N) is 1. The molecule has 1 heterocycles. The van der Waals surface area contributed by atoms with Gasteiger partial charge in [-0.3, -0.25) is 0 Å². The Morgan fingerprint density at radius 3 is 3.14 bits per heavy atom. The highest BCUT2D eigenvalue weighted by molar-refractivity contribution is 8.01. The van der Waals surface area contributed by atoms with E-state index in [4.69, 9.17) is 4.74 Å². The van der Waals surface area contributed by atoms with Crippen molar-refractivity contribution in [3.63, 3.8) is 0 Å². The Hall–Kier alpha value is -1.16. The first-order valence-electron chi connectivity index (χ1n) is 4.50. The van der Waals surface area contributed by atoms with Crippen molar-refractivity contribution in [1.82, 2.24) is 0 Å². The largest absolute Gasteiger partial charge is 0.449 e. The average Bonchev–Trinajstić information content (AvgIpc) is 2.61. The Kier molecular flexibility index (Phi) is 2.63. The molecule has 0 aromatic heterocycles. The van der Waals surface area contributed by atoms with Crippen molar-refractivity contribution in [3.05, 3.63) is 29.8 Å². The number of rotatable bonds is 1. The summed E-state index contributed by atoms with van der Waals surface area (Å²) in [5.74, 6) is 0.842. The summed E-state index contributed by atoms with van der Waals surface area (Å²) in [5, 5.41) is 0. The van der Waals surface area contributed by atoms with E-state index in [1.165, 1.54) is 17.5 Å². The van der Waals surface area contributed by atoms with Crippen molar-refractivity contribution >= 4 is 23.7 Å². The SMILES string of the molecule is CCOC(=O)N1SCc2ccccc21. The Labute approximate surface area is 87.2 Å². The fourth-order valence-electron chi connectivity index (χ4n) is 1.37. The van der Waals surface area contributed by atoms with Crippen LogP contribution in [0.4, 0.5) is 10.5 Å². The van der Waals surface area contributed by atoms with Crippen molar-refractivity contribution in [3.8, 4) is 0 Å². The van der Waals surface area contributed by atoms with Crippen molar-refractivity contribution in [2.45, 2.75) is 12.7 Å². The zero-order valence-corrected chi connectivity index (χ0v) is 8.71. The molecule has 14 heavy (non-hydrogen) atoms. The maximum Gasteiger partial charge on any atom is 0.424 e. The molecule has 0 spiro atoms. The van der Waals surface area contributed by atoms with Crippen LogP contribution in [0.1, 0.15) is 12.5 Å². The highest BCUT2D eigenvalue weighted by atomic mass is 32.2. The number of para-hydroxylation sites is 1. The van der Waals surface area contributed by atoms with Gasteiger partial charge < -0.3 is 4.74 Å². The van der Waals surface area contributed by atoms with Crippen LogP contribution in [0, 0.1) is 0 Å². The maximum absolute atomic E-state index is 11.5. The third kappa shape index (κ3) is 1.57.